The van der Waals surface area contributed by atoms with Crippen LogP contribution in [0.5, 0.6) is 0 Å². The predicted octanol–water partition coefficient (Wildman–Crippen LogP) is 3.83. The Morgan fingerprint density at radius 1 is 1.55 bits per heavy atom. The number of rotatable bonds is 3. The minimum absolute atomic E-state index is 0.137. The molecular formula is C14H17N3O2S. The standard InChI is InChI=1S/C14H17N3O2S/c1-2-10-4-3-7-16(9-10)14-15-12-6-5-11(17(18)19)8-13(12)20-14/h5-6,8,10H,2-4,7,9H2,1H3. The maximum atomic E-state index is 10.8. The summed E-state index contributed by atoms with van der Waals surface area (Å²) in [6.45, 7) is 4.33. The van der Waals surface area contributed by atoms with Crippen LogP contribution in [-0.4, -0.2) is 23.0 Å². The van der Waals surface area contributed by atoms with Gasteiger partial charge >= 0.3 is 0 Å². The van der Waals surface area contributed by atoms with Crippen LogP contribution in [0.2, 0.25) is 0 Å². The highest BCUT2D eigenvalue weighted by Crippen LogP contribution is 2.33. The van der Waals surface area contributed by atoms with Crippen molar-refractivity contribution in [3.8, 4) is 0 Å². The van der Waals surface area contributed by atoms with Gasteiger partial charge in [0.1, 0.15) is 0 Å². The van der Waals surface area contributed by atoms with E-state index in [-0.39, 0.29) is 10.6 Å². The number of nitrogens with zero attached hydrogens (tertiary/aromatic N) is 3. The molecule has 1 aromatic carbocycles. The Morgan fingerprint density at radius 3 is 3.15 bits per heavy atom. The molecule has 0 bridgehead atoms. The summed E-state index contributed by atoms with van der Waals surface area (Å²) in [4.78, 5) is 17.4. The van der Waals surface area contributed by atoms with Gasteiger partial charge in [-0.2, -0.15) is 0 Å². The Morgan fingerprint density at radius 2 is 2.40 bits per heavy atom. The first kappa shape index (κ1) is 13.3. The van der Waals surface area contributed by atoms with Crippen LogP contribution in [0.4, 0.5) is 10.8 Å². The molecule has 1 fully saturated rings. The number of fused-ring (bicyclic) bond motifs is 1. The van der Waals surface area contributed by atoms with Crippen molar-refractivity contribution < 1.29 is 4.92 Å². The highest BCUT2D eigenvalue weighted by molar-refractivity contribution is 7.22. The number of hydrogen-bond donors (Lipinski definition) is 0. The van der Waals surface area contributed by atoms with Gasteiger partial charge in [0.2, 0.25) is 0 Å². The molecule has 5 nitrogen and oxygen atoms in total. The van der Waals surface area contributed by atoms with Crippen LogP contribution in [0.15, 0.2) is 18.2 Å². The van der Waals surface area contributed by atoms with Gasteiger partial charge in [-0.3, -0.25) is 10.1 Å². The summed E-state index contributed by atoms with van der Waals surface area (Å²) in [6.07, 6.45) is 3.70. The van der Waals surface area contributed by atoms with Crippen molar-refractivity contribution in [2.45, 2.75) is 26.2 Å². The smallest absolute Gasteiger partial charge is 0.270 e. The van der Waals surface area contributed by atoms with Gasteiger partial charge in [0.25, 0.3) is 5.69 Å². The van der Waals surface area contributed by atoms with Crippen LogP contribution in [0.25, 0.3) is 10.2 Å². The number of anilines is 1. The Bertz CT molecular complexity index is 640. The molecule has 1 aliphatic heterocycles. The lowest BCUT2D eigenvalue weighted by atomic mass is 9.96. The second-order valence-corrected chi connectivity index (χ2v) is 6.28. The molecule has 2 heterocycles. The average molecular weight is 291 g/mol. The molecule has 0 aliphatic carbocycles. The van der Waals surface area contributed by atoms with Crippen molar-refractivity contribution in [2.24, 2.45) is 5.92 Å². The van der Waals surface area contributed by atoms with E-state index in [0.29, 0.717) is 0 Å². The third-order valence-corrected chi connectivity index (χ3v) is 5.02. The third-order valence-electron chi connectivity index (χ3n) is 3.94. The monoisotopic (exact) mass is 291 g/mol. The zero-order valence-corrected chi connectivity index (χ0v) is 12.2. The number of hydrogen-bond acceptors (Lipinski definition) is 5. The number of nitro benzene ring substituents is 1. The first-order valence-electron chi connectivity index (χ1n) is 6.97. The van der Waals surface area contributed by atoms with Crippen LogP contribution in [0.1, 0.15) is 26.2 Å². The zero-order chi connectivity index (χ0) is 14.1. The lowest BCUT2D eigenvalue weighted by Crippen LogP contribution is -2.34. The van der Waals surface area contributed by atoms with Gasteiger partial charge in [0, 0.05) is 25.2 Å². The Balaban J connectivity index is 1.90. The average Bonchev–Trinajstić information content (AvgIpc) is 2.90. The van der Waals surface area contributed by atoms with Gasteiger partial charge in [0.05, 0.1) is 15.1 Å². The van der Waals surface area contributed by atoms with Crippen molar-refractivity contribution in [3.63, 3.8) is 0 Å². The predicted molar refractivity (Wildman–Crippen MR) is 81.5 cm³/mol. The fourth-order valence-electron chi connectivity index (χ4n) is 2.72. The van der Waals surface area contributed by atoms with Gasteiger partial charge in [-0.25, -0.2) is 4.98 Å². The quantitative estimate of drug-likeness (QED) is 0.637. The van der Waals surface area contributed by atoms with Crippen molar-refractivity contribution in [1.29, 1.82) is 0 Å². The molecule has 1 aromatic heterocycles. The van der Waals surface area contributed by atoms with E-state index in [9.17, 15) is 10.1 Å². The Labute approximate surface area is 121 Å². The van der Waals surface area contributed by atoms with Crippen LogP contribution < -0.4 is 4.90 Å². The molecule has 6 heteroatoms. The fourth-order valence-corrected chi connectivity index (χ4v) is 3.76. The molecule has 0 amide bonds. The first-order chi connectivity index (χ1) is 9.67. The fraction of sp³-hybridized carbons (Fsp3) is 0.500. The largest absolute Gasteiger partial charge is 0.348 e. The Kier molecular flexibility index (Phi) is 3.56. The molecule has 1 unspecified atom stereocenters. The normalized spacial score (nSPS) is 19.4. The molecule has 0 saturated carbocycles. The topological polar surface area (TPSA) is 59.3 Å². The minimum atomic E-state index is -0.354. The van der Waals surface area contributed by atoms with E-state index < -0.39 is 0 Å². The van der Waals surface area contributed by atoms with Crippen LogP contribution in [0.3, 0.4) is 0 Å². The Hall–Kier alpha value is -1.69. The van der Waals surface area contributed by atoms with Gasteiger partial charge in [0.15, 0.2) is 5.13 Å². The highest BCUT2D eigenvalue weighted by Gasteiger charge is 2.21. The van der Waals surface area contributed by atoms with E-state index in [1.807, 2.05) is 0 Å². The molecule has 106 valence electrons. The molecule has 0 N–H and O–H groups in total. The molecule has 2 aromatic rings. The lowest BCUT2D eigenvalue weighted by molar-refractivity contribution is -0.384. The van der Waals surface area contributed by atoms with E-state index in [4.69, 9.17) is 0 Å². The van der Waals surface area contributed by atoms with E-state index in [0.717, 1.165) is 34.4 Å². The number of thiazole rings is 1. The van der Waals surface area contributed by atoms with Gasteiger partial charge in [-0.15, -0.1) is 0 Å². The number of piperidine rings is 1. The summed E-state index contributed by atoms with van der Waals surface area (Å²) in [5, 5.41) is 11.8. The summed E-state index contributed by atoms with van der Waals surface area (Å²) < 4.78 is 0.896. The van der Waals surface area contributed by atoms with E-state index in [2.05, 4.69) is 16.8 Å². The van der Waals surface area contributed by atoms with E-state index in [1.165, 1.54) is 25.3 Å². The maximum absolute atomic E-state index is 10.8. The molecule has 3 rings (SSSR count). The summed E-state index contributed by atoms with van der Waals surface area (Å²) in [5.74, 6) is 0.741. The lowest BCUT2D eigenvalue weighted by Gasteiger charge is -2.31. The number of non-ortho nitro benzene ring substituents is 1. The van der Waals surface area contributed by atoms with E-state index in [1.54, 1.807) is 23.5 Å². The van der Waals surface area contributed by atoms with Crippen molar-refractivity contribution in [3.05, 3.63) is 28.3 Å². The molecule has 1 aliphatic rings. The summed E-state index contributed by atoms with van der Waals surface area (Å²) in [7, 11) is 0. The maximum Gasteiger partial charge on any atom is 0.270 e. The van der Waals surface area contributed by atoms with Crippen LogP contribution >= 0.6 is 11.3 Å². The van der Waals surface area contributed by atoms with Gasteiger partial charge in [-0.05, 0) is 24.8 Å². The minimum Gasteiger partial charge on any atom is -0.348 e. The van der Waals surface area contributed by atoms with E-state index >= 15 is 0 Å². The molecule has 20 heavy (non-hydrogen) atoms. The van der Waals surface area contributed by atoms with Crippen LogP contribution in [-0.2, 0) is 0 Å². The summed E-state index contributed by atoms with van der Waals surface area (Å²) >= 11 is 1.56. The van der Waals surface area contributed by atoms with Crippen molar-refractivity contribution >= 4 is 32.4 Å². The number of aromatic nitrogens is 1. The zero-order valence-electron chi connectivity index (χ0n) is 11.4. The van der Waals surface area contributed by atoms with Crippen LogP contribution in [0, 0.1) is 16.0 Å². The molecular weight excluding hydrogens is 274 g/mol. The summed E-state index contributed by atoms with van der Waals surface area (Å²) in [6, 6.07) is 4.89. The van der Waals surface area contributed by atoms with Crippen molar-refractivity contribution in [2.75, 3.05) is 18.0 Å². The molecule has 1 atom stereocenters. The number of benzene rings is 1. The first-order valence-corrected chi connectivity index (χ1v) is 7.79. The SMILES string of the molecule is CCC1CCCN(c2nc3ccc([N+](=O)[O-])cc3s2)C1. The number of nitro groups is 1. The molecule has 1 saturated heterocycles. The highest BCUT2D eigenvalue weighted by atomic mass is 32.1. The second-order valence-electron chi connectivity index (χ2n) is 5.27. The molecule has 0 spiro atoms. The van der Waals surface area contributed by atoms with Crippen molar-refractivity contribution in [1.82, 2.24) is 4.98 Å². The third kappa shape index (κ3) is 2.47. The molecule has 0 radical (unpaired) electrons. The van der Waals surface area contributed by atoms with Gasteiger partial charge in [-0.1, -0.05) is 24.7 Å². The summed E-state index contributed by atoms with van der Waals surface area (Å²) in [5.41, 5.74) is 0.993. The van der Waals surface area contributed by atoms with Gasteiger partial charge < -0.3 is 4.90 Å². The second kappa shape index (κ2) is 5.36.